The Bertz CT molecular complexity index is 876. The third kappa shape index (κ3) is 40.4. The van der Waals surface area contributed by atoms with Crippen LogP contribution in [0.5, 0.6) is 0 Å². The van der Waals surface area contributed by atoms with Crippen molar-refractivity contribution in [3.8, 4) is 0 Å². The van der Waals surface area contributed by atoms with Crippen LogP contribution in [0.15, 0.2) is 48.6 Å². The third-order valence-electron chi connectivity index (χ3n) is 9.17. The quantitative estimate of drug-likeness (QED) is 0.0286. The molecule has 0 aromatic rings. The zero-order valence-corrected chi connectivity index (χ0v) is 33.2. The Kier molecular flexibility index (Phi) is 38.9. The molecule has 0 rings (SSSR count). The van der Waals surface area contributed by atoms with Crippen LogP contribution < -0.4 is 0 Å². The Hall–Kier alpha value is -2.18. The molecule has 296 valence electrons. The average molecular weight is 717 g/mol. The summed E-state index contributed by atoms with van der Waals surface area (Å²) in [6.45, 7) is 4.14. The van der Waals surface area contributed by atoms with Gasteiger partial charge in [0.05, 0.1) is 6.10 Å². The van der Waals surface area contributed by atoms with Crippen LogP contribution in [0.3, 0.4) is 0 Å². The van der Waals surface area contributed by atoms with Gasteiger partial charge < -0.3 is 19.7 Å². The summed E-state index contributed by atoms with van der Waals surface area (Å²) in [5, 5.41) is 19.9. The van der Waals surface area contributed by atoms with E-state index in [0.29, 0.717) is 12.8 Å². The number of ether oxygens (including phenoxy) is 2. The molecule has 0 saturated carbocycles. The monoisotopic (exact) mass is 717 g/mol. The SMILES string of the molecule is CCCCCCCCCCCCCCCCCCCCCC(=O)OC[C@@H](O)COC(=O)CCC/C=C\C/C=C\C/C=C\C=C\[C@H](O)CCCCC. The van der Waals surface area contributed by atoms with Gasteiger partial charge in [-0.2, -0.15) is 0 Å². The summed E-state index contributed by atoms with van der Waals surface area (Å²) in [5.74, 6) is -0.649. The first-order valence-electron chi connectivity index (χ1n) is 21.3. The maximum atomic E-state index is 12.0. The van der Waals surface area contributed by atoms with Gasteiger partial charge in [-0.15, -0.1) is 0 Å². The summed E-state index contributed by atoms with van der Waals surface area (Å²) in [4.78, 5) is 24.0. The molecule has 0 aliphatic rings. The third-order valence-corrected chi connectivity index (χ3v) is 9.17. The molecule has 0 saturated heterocycles. The van der Waals surface area contributed by atoms with Gasteiger partial charge in [0, 0.05) is 12.8 Å². The lowest BCUT2D eigenvalue weighted by Gasteiger charge is -2.12. The molecule has 0 aromatic heterocycles. The second-order valence-corrected chi connectivity index (χ2v) is 14.3. The molecule has 2 N–H and O–H groups in total. The van der Waals surface area contributed by atoms with Crippen LogP contribution >= 0.6 is 0 Å². The number of hydrogen-bond acceptors (Lipinski definition) is 6. The standard InChI is InChI=1S/C45H80O6/c1-3-5-7-8-9-10-11-12-13-14-15-16-17-18-21-24-27-30-34-38-44(48)50-40-43(47)41-51-45(49)39-35-31-28-25-22-19-20-23-26-29-33-37-42(46)36-32-6-4-2/h19-20,25-26,28-29,33,37,42-43,46-47H,3-18,21-24,27,30-32,34-36,38-41H2,1-2H3/b20-19-,28-25-,29-26-,37-33+/t42-,43-/m1/s1. The van der Waals surface area contributed by atoms with Gasteiger partial charge in [0.1, 0.15) is 19.3 Å². The minimum atomic E-state index is -0.998. The van der Waals surface area contributed by atoms with E-state index in [1.807, 2.05) is 18.2 Å². The summed E-state index contributed by atoms with van der Waals surface area (Å²) < 4.78 is 10.3. The fraction of sp³-hybridized carbons (Fsp3) is 0.778. The topological polar surface area (TPSA) is 93.1 Å². The normalized spacial score (nSPS) is 13.3. The second-order valence-electron chi connectivity index (χ2n) is 14.3. The summed E-state index contributed by atoms with van der Waals surface area (Å²) >= 11 is 0. The lowest BCUT2D eigenvalue weighted by atomic mass is 10.0. The van der Waals surface area contributed by atoms with Gasteiger partial charge in [-0.25, -0.2) is 0 Å². The zero-order chi connectivity index (χ0) is 37.3. The Morgan fingerprint density at radius 1 is 0.490 bits per heavy atom. The van der Waals surface area contributed by atoms with Crippen molar-refractivity contribution in [1.29, 1.82) is 0 Å². The van der Waals surface area contributed by atoms with E-state index >= 15 is 0 Å². The van der Waals surface area contributed by atoms with Crippen LogP contribution in [-0.4, -0.2) is 47.6 Å². The molecular formula is C45H80O6. The van der Waals surface area contributed by atoms with E-state index in [1.165, 1.54) is 109 Å². The first kappa shape index (κ1) is 48.8. The zero-order valence-electron chi connectivity index (χ0n) is 33.2. The smallest absolute Gasteiger partial charge is 0.305 e. The Morgan fingerprint density at radius 2 is 0.902 bits per heavy atom. The number of aliphatic hydroxyl groups excluding tert-OH is 2. The fourth-order valence-corrected chi connectivity index (χ4v) is 5.90. The van der Waals surface area contributed by atoms with E-state index < -0.39 is 6.10 Å². The van der Waals surface area contributed by atoms with Crippen molar-refractivity contribution in [1.82, 2.24) is 0 Å². The van der Waals surface area contributed by atoms with Crippen molar-refractivity contribution < 1.29 is 29.3 Å². The first-order valence-corrected chi connectivity index (χ1v) is 21.3. The number of carbonyl (C=O) groups excluding carboxylic acids is 2. The van der Waals surface area contributed by atoms with Gasteiger partial charge in [-0.05, 0) is 38.5 Å². The van der Waals surface area contributed by atoms with Gasteiger partial charge in [-0.3, -0.25) is 9.59 Å². The van der Waals surface area contributed by atoms with Crippen LogP contribution in [-0.2, 0) is 19.1 Å². The van der Waals surface area contributed by atoms with Gasteiger partial charge in [-0.1, -0.05) is 197 Å². The predicted molar refractivity (Wildman–Crippen MR) is 216 cm³/mol. The number of rotatable bonds is 38. The molecule has 0 radical (unpaired) electrons. The number of allylic oxidation sites excluding steroid dienone is 7. The van der Waals surface area contributed by atoms with E-state index in [-0.39, 0.29) is 37.7 Å². The van der Waals surface area contributed by atoms with E-state index in [0.717, 1.165) is 57.8 Å². The van der Waals surface area contributed by atoms with E-state index in [2.05, 4.69) is 44.2 Å². The van der Waals surface area contributed by atoms with Crippen LogP contribution in [0.25, 0.3) is 0 Å². The minimum absolute atomic E-state index is 0.143. The molecule has 51 heavy (non-hydrogen) atoms. The highest BCUT2D eigenvalue weighted by Crippen LogP contribution is 2.15. The van der Waals surface area contributed by atoms with Crippen molar-refractivity contribution in [3.05, 3.63) is 48.6 Å². The highest BCUT2D eigenvalue weighted by atomic mass is 16.6. The summed E-state index contributed by atoms with van der Waals surface area (Å²) in [6.07, 6.45) is 47.9. The van der Waals surface area contributed by atoms with Gasteiger partial charge in [0.25, 0.3) is 0 Å². The molecule has 0 heterocycles. The molecule has 6 heteroatoms. The largest absolute Gasteiger partial charge is 0.463 e. The van der Waals surface area contributed by atoms with Crippen LogP contribution in [0.1, 0.15) is 200 Å². The molecule has 0 spiro atoms. The number of carbonyl (C=O) groups is 2. The lowest BCUT2D eigenvalue weighted by Crippen LogP contribution is -2.25. The number of hydrogen-bond donors (Lipinski definition) is 2. The van der Waals surface area contributed by atoms with Crippen molar-refractivity contribution in [2.45, 2.75) is 212 Å². The molecule has 0 unspecified atom stereocenters. The Labute approximate surface area is 314 Å². The van der Waals surface area contributed by atoms with Crippen molar-refractivity contribution in [2.24, 2.45) is 0 Å². The van der Waals surface area contributed by atoms with E-state index in [1.54, 1.807) is 0 Å². The molecule has 0 aliphatic carbocycles. The van der Waals surface area contributed by atoms with Crippen LogP contribution in [0, 0.1) is 0 Å². The Morgan fingerprint density at radius 3 is 1.41 bits per heavy atom. The molecule has 0 aromatic carbocycles. The molecule has 0 fully saturated rings. The van der Waals surface area contributed by atoms with Crippen LogP contribution in [0.4, 0.5) is 0 Å². The molecule has 6 nitrogen and oxygen atoms in total. The van der Waals surface area contributed by atoms with Crippen molar-refractivity contribution >= 4 is 11.9 Å². The van der Waals surface area contributed by atoms with Crippen molar-refractivity contribution in [2.75, 3.05) is 13.2 Å². The number of aliphatic hydroxyl groups is 2. The molecule has 0 bridgehead atoms. The Balaban J connectivity index is 3.53. The molecule has 0 aliphatic heterocycles. The van der Waals surface area contributed by atoms with Crippen molar-refractivity contribution in [3.63, 3.8) is 0 Å². The van der Waals surface area contributed by atoms with Gasteiger partial charge in [0.15, 0.2) is 0 Å². The van der Waals surface area contributed by atoms with Gasteiger partial charge in [0.2, 0.25) is 0 Å². The molecule has 2 atom stereocenters. The number of esters is 2. The first-order chi connectivity index (χ1) is 25.0. The van der Waals surface area contributed by atoms with Gasteiger partial charge >= 0.3 is 11.9 Å². The molecule has 0 amide bonds. The summed E-state index contributed by atoms with van der Waals surface area (Å²) in [6, 6.07) is 0. The average Bonchev–Trinajstić information content (AvgIpc) is 3.12. The second kappa shape index (κ2) is 40.6. The maximum Gasteiger partial charge on any atom is 0.305 e. The molecular weight excluding hydrogens is 636 g/mol. The number of unbranched alkanes of at least 4 members (excludes halogenated alkanes) is 21. The summed E-state index contributed by atoms with van der Waals surface area (Å²) in [7, 11) is 0. The predicted octanol–water partition coefficient (Wildman–Crippen LogP) is 12.4. The van der Waals surface area contributed by atoms with E-state index in [4.69, 9.17) is 9.47 Å². The van der Waals surface area contributed by atoms with E-state index in [9.17, 15) is 19.8 Å². The highest BCUT2D eigenvalue weighted by Gasteiger charge is 2.12. The minimum Gasteiger partial charge on any atom is -0.463 e. The summed E-state index contributed by atoms with van der Waals surface area (Å²) in [5.41, 5.74) is 0. The fourth-order valence-electron chi connectivity index (χ4n) is 5.90. The maximum absolute atomic E-state index is 12.0. The highest BCUT2D eigenvalue weighted by molar-refractivity contribution is 5.69. The van der Waals surface area contributed by atoms with Crippen LogP contribution in [0.2, 0.25) is 0 Å². The lowest BCUT2D eigenvalue weighted by molar-refractivity contribution is -0.152.